The Balaban J connectivity index is 2.05. The number of guanidine groups is 1. The van der Waals surface area contributed by atoms with Gasteiger partial charge in [-0.2, -0.15) is 0 Å². The molecule has 3 N–H and O–H groups in total. The fraction of sp³-hybridized carbons (Fsp3) is 0.611. The standard InChI is InChI=1S/C18H28FN3O/c1-14(2)7-10-21-17(20)22-13-18(8-11-23-12-9-18)15-3-5-16(19)6-4-15/h3-6,14H,7-13H2,1-2H3,(H3,20,21,22). The van der Waals surface area contributed by atoms with Gasteiger partial charge in [-0.15, -0.1) is 0 Å². The van der Waals surface area contributed by atoms with Crippen LogP contribution < -0.4 is 11.1 Å². The first-order valence-electron chi connectivity index (χ1n) is 8.39. The number of aliphatic imine (C=N–C) groups is 1. The zero-order valence-electron chi connectivity index (χ0n) is 14.1. The molecule has 1 aromatic rings. The first-order chi connectivity index (χ1) is 11.0. The Bertz CT molecular complexity index is 508. The Labute approximate surface area is 138 Å². The van der Waals surface area contributed by atoms with E-state index in [4.69, 9.17) is 10.5 Å². The molecule has 0 radical (unpaired) electrons. The van der Waals surface area contributed by atoms with Crippen LogP contribution in [0.1, 0.15) is 38.7 Å². The molecule has 0 bridgehead atoms. The lowest BCUT2D eigenvalue weighted by atomic mass is 9.74. The summed E-state index contributed by atoms with van der Waals surface area (Å²) in [5.74, 6) is 0.907. The van der Waals surface area contributed by atoms with Crippen LogP contribution in [-0.4, -0.2) is 32.3 Å². The number of rotatable bonds is 6. The maximum Gasteiger partial charge on any atom is 0.188 e. The van der Waals surface area contributed by atoms with Gasteiger partial charge >= 0.3 is 0 Å². The van der Waals surface area contributed by atoms with Crippen molar-refractivity contribution in [2.45, 2.75) is 38.5 Å². The molecule has 5 heteroatoms. The van der Waals surface area contributed by atoms with Crippen molar-refractivity contribution in [1.82, 2.24) is 5.32 Å². The van der Waals surface area contributed by atoms with Crippen molar-refractivity contribution in [2.24, 2.45) is 16.6 Å². The lowest BCUT2D eigenvalue weighted by molar-refractivity contribution is 0.0531. The predicted molar refractivity (Wildman–Crippen MR) is 92.1 cm³/mol. The molecule has 23 heavy (non-hydrogen) atoms. The Kier molecular flexibility index (Phi) is 6.39. The lowest BCUT2D eigenvalue weighted by Crippen LogP contribution is -2.39. The smallest absolute Gasteiger partial charge is 0.188 e. The summed E-state index contributed by atoms with van der Waals surface area (Å²) in [6.45, 7) is 7.20. The van der Waals surface area contributed by atoms with Crippen LogP contribution in [0.25, 0.3) is 0 Å². The number of nitrogens with zero attached hydrogens (tertiary/aromatic N) is 1. The largest absolute Gasteiger partial charge is 0.381 e. The van der Waals surface area contributed by atoms with E-state index in [0.29, 0.717) is 31.6 Å². The molecule has 0 aliphatic carbocycles. The summed E-state index contributed by atoms with van der Waals surface area (Å²) in [5, 5.41) is 3.17. The summed E-state index contributed by atoms with van der Waals surface area (Å²) in [6.07, 6.45) is 2.82. The SMILES string of the molecule is CC(C)CCNC(N)=NCC1(c2ccc(F)cc2)CCOCC1. The molecule has 0 atom stereocenters. The molecule has 1 aliphatic heterocycles. The molecular weight excluding hydrogens is 293 g/mol. The van der Waals surface area contributed by atoms with Crippen LogP contribution in [-0.2, 0) is 10.2 Å². The summed E-state index contributed by atoms with van der Waals surface area (Å²) in [4.78, 5) is 4.55. The van der Waals surface area contributed by atoms with E-state index < -0.39 is 0 Å². The molecule has 1 heterocycles. The second-order valence-corrected chi connectivity index (χ2v) is 6.71. The van der Waals surface area contributed by atoms with Crippen LogP contribution in [0.5, 0.6) is 0 Å². The summed E-state index contributed by atoms with van der Waals surface area (Å²) in [5.41, 5.74) is 6.98. The van der Waals surface area contributed by atoms with E-state index in [1.54, 1.807) is 0 Å². The highest BCUT2D eigenvalue weighted by Gasteiger charge is 2.34. The lowest BCUT2D eigenvalue weighted by Gasteiger charge is -2.36. The molecule has 128 valence electrons. The van der Waals surface area contributed by atoms with Gasteiger partial charge in [0, 0.05) is 25.2 Å². The Morgan fingerprint density at radius 2 is 1.96 bits per heavy atom. The van der Waals surface area contributed by atoms with E-state index in [1.165, 1.54) is 12.1 Å². The molecule has 0 amide bonds. The van der Waals surface area contributed by atoms with Crippen LogP contribution in [0.15, 0.2) is 29.3 Å². The van der Waals surface area contributed by atoms with E-state index in [9.17, 15) is 4.39 Å². The number of hydrogen-bond acceptors (Lipinski definition) is 2. The van der Waals surface area contributed by atoms with Crippen LogP contribution in [0, 0.1) is 11.7 Å². The number of ether oxygens (including phenoxy) is 1. The number of nitrogens with one attached hydrogen (secondary N) is 1. The summed E-state index contributed by atoms with van der Waals surface area (Å²) >= 11 is 0. The zero-order chi connectivity index (χ0) is 16.7. The fourth-order valence-electron chi connectivity index (χ4n) is 2.88. The van der Waals surface area contributed by atoms with Gasteiger partial charge in [-0.1, -0.05) is 26.0 Å². The molecule has 1 aliphatic rings. The van der Waals surface area contributed by atoms with Gasteiger partial charge in [-0.3, -0.25) is 4.99 Å². The van der Waals surface area contributed by atoms with Crippen molar-refractivity contribution in [3.63, 3.8) is 0 Å². The van der Waals surface area contributed by atoms with Gasteiger partial charge in [0.25, 0.3) is 0 Å². The molecule has 4 nitrogen and oxygen atoms in total. The van der Waals surface area contributed by atoms with Crippen LogP contribution in [0.4, 0.5) is 4.39 Å². The van der Waals surface area contributed by atoms with Crippen LogP contribution >= 0.6 is 0 Å². The molecule has 2 rings (SSSR count). The summed E-state index contributed by atoms with van der Waals surface area (Å²) in [7, 11) is 0. The Hall–Kier alpha value is -1.62. The molecule has 0 aromatic heterocycles. The van der Waals surface area contributed by atoms with Gasteiger partial charge in [0.2, 0.25) is 0 Å². The molecule has 1 saturated heterocycles. The van der Waals surface area contributed by atoms with Gasteiger partial charge in [-0.25, -0.2) is 4.39 Å². The molecule has 0 unspecified atom stereocenters. The van der Waals surface area contributed by atoms with Crippen molar-refractivity contribution >= 4 is 5.96 Å². The highest BCUT2D eigenvalue weighted by Crippen LogP contribution is 2.35. The van der Waals surface area contributed by atoms with Crippen molar-refractivity contribution < 1.29 is 9.13 Å². The first-order valence-corrected chi connectivity index (χ1v) is 8.39. The van der Waals surface area contributed by atoms with E-state index in [1.807, 2.05) is 12.1 Å². The molecular formula is C18H28FN3O. The highest BCUT2D eigenvalue weighted by molar-refractivity contribution is 5.77. The highest BCUT2D eigenvalue weighted by atomic mass is 19.1. The van der Waals surface area contributed by atoms with Gasteiger partial charge in [0.15, 0.2) is 5.96 Å². The van der Waals surface area contributed by atoms with E-state index in [0.717, 1.165) is 31.4 Å². The third-order valence-corrected chi connectivity index (χ3v) is 4.49. The number of halogens is 1. The summed E-state index contributed by atoms with van der Waals surface area (Å²) < 4.78 is 18.7. The first kappa shape index (κ1) is 17.7. The Morgan fingerprint density at radius 1 is 1.30 bits per heavy atom. The quantitative estimate of drug-likeness (QED) is 0.626. The number of hydrogen-bond donors (Lipinski definition) is 2. The van der Waals surface area contributed by atoms with Gasteiger partial charge in [0.1, 0.15) is 5.82 Å². The molecule has 0 saturated carbocycles. The zero-order valence-corrected chi connectivity index (χ0v) is 14.1. The molecule has 0 spiro atoms. The van der Waals surface area contributed by atoms with Crippen molar-refractivity contribution in [3.05, 3.63) is 35.6 Å². The van der Waals surface area contributed by atoms with Gasteiger partial charge < -0.3 is 15.8 Å². The normalized spacial score (nSPS) is 18.2. The second-order valence-electron chi connectivity index (χ2n) is 6.71. The van der Waals surface area contributed by atoms with E-state index in [2.05, 4.69) is 24.2 Å². The third kappa shape index (κ3) is 5.20. The van der Waals surface area contributed by atoms with Gasteiger partial charge in [-0.05, 0) is 42.9 Å². The van der Waals surface area contributed by atoms with Crippen molar-refractivity contribution in [1.29, 1.82) is 0 Å². The summed E-state index contributed by atoms with van der Waals surface area (Å²) in [6, 6.07) is 6.75. The van der Waals surface area contributed by atoms with E-state index >= 15 is 0 Å². The number of benzene rings is 1. The van der Waals surface area contributed by atoms with Crippen molar-refractivity contribution in [2.75, 3.05) is 26.3 Å². The van der Waals surface area contributed by atoms with Crippen LogP contribution in [0.3, 0.4) is 0 Å². The topological polar surface area (TPSA) is 59.6 Å². The second kappa shape index (κ2) is 8.29. The Morgan fingerprint density at radius 3 is 2.57 bits per heavy atom. The maximum absolute atomic E-state index is 13.2. The average Bonchev–Trinajstić information content (AvgIpc) is 2.54. The third-order valence-electron chi connectivity index (χ3n) is 4.49. The van der Waals surface area contributed by atoms with E-state index in [-0.39, 0.29) is 11.2 Å². The van der Waals surface area contributed by atoms with Crippen LogP contribution in [0.2, 0.25) is 0 Å². The van der Waals surface area contributed by atoms with Crippen molar-refractivity contribution in [3.8, 4) is 0 Å². The maximum atomic E-state index is 13.2. The number of nitrogens with two attached hydrogens (primary N) is 1. The predicted octanol–water partition coefficient (Wildman–Crippen LogP) is 2.82. The van der Waals surface area contributed by atoms with Gasteiger partial charge in [0.05, 0.1) is 6.54 Å². The minimum absolute atomic E-state index is 0.115. The fourth-order valence-corrected chi connectivity index (χ4v) is 2.88. The average molecular weight is 321 g/mol. The minimum atomic E-state index is -0.214. The molecule has 1 aromatic carbocycles. The molecule has 1 fully saturated rings. The monoisotopic (exact) mass is 321 g/mol. The minimum Gasteiger partial charge on any atom is -0.381 e.